The van der Waals surface area contributed by atoms with Crippen LogP contribution in [0.3, 0.4) is 0 Å². The molecule has 0 spiro atoms. The fourth-order valence-corrected chi connectivity index (χ4v) is 0.483. The molecule has 1 heterocycles. The lowest BCUT2D eigenvalue weighted by atomic mass is 10.4. The van der Waals surface area contributed by atoms with E-state index < -0.39 is 0 Å². The second-order valence-corrected chi connectivity index (χ2v) is 1.96. The van der Waals surface area contributed by atoms with E-state index in [1.807, 2.05) is 0 Å². The summed E-state index contributed by atoms with van der Waals surface area (Å²) >= 11 is 0. The first-order valence-electron chi connectivity index (χ1n) is 3.14. The van der Waals surface area contributed by atoms with Crippen molar-refractivity contribution in [3.63, 3.8) is 0 Å². The first kappa shape index (κ1) is 9.90. The molecule has 2 amide bonds. The Morgan fingerprint density at radius 3 is 1.55 bits per heavy atom. The van der Waals surface area contributed by atoms with E-state index in [0.717, 1.165) is 0 Å². The van der Waals surface area contributed by atoms with Crippen LogP contribution in [0.4, 0.5) is 0 Å². The van der Waals surface area contributed by atoms with Crippen molar-refractivity contribution >= 4 is 11.8 Å². The second-order valence-electron chi connectivity index (χ2n) is 1.96. The summed E-state index contributed by atoms with van der Waals surface area (Å²) in [5.74, 6) is -0.241. The van der Waals surface area contributed by atoms with Crippen LogP contribution in [0.5, 0.6) is 0 Å². The van der Waals surface area contributed by atoms with Crippen LogP contribution < -0.4 is 10.6 Å². The Kier molecular flexibility index (Phi) is 5.10. The number of methoxy groups -OCH3 is 1. The Labute approximate surface area is 65.1 Å². The van der Waals surface area contributed by atoms with Crippen LogP contribution in [0.15, 0.2) is 0 Å². The van der Waals surface area contributed by atoms with Crippen molar-refractivity contribution < 1.29 is 14.3 Å². The number of rotatable bonds is 0. The molecule has 0 aliphatic carbocycles. The molecule has 0 saturated carbocycles. The lowest BCUT2D eigenvalue weighted by Crippen LogP contribution is -2.48. The molecule has 1 aliphatic heterocycles. The average Bonchev–Trinajstić information content (AvgIpc) is 1.97. The van der Waals surface area contributed by atoms with Gasteiger partial charge in [-0.2, -0.15) is 0 Å². The molecule has 1 saturated heterocycles. The molecule has 5 heteroatoms. The third kappa shape index (κ3) is 5.35. The number of carbonyl (C=O) groups excluding carboxylic acids is 2. The molecule has 0 bridgehead atoms. The summed E-state index contributed by atoms with van der Waals surface area (Å²) < 4.78 is 4.25. The summed E-state index contributed by atoms with van der Waals surface area (Å²) in [5.41, 5.74) is 0. The molecule has 2 N–H and O–H groups in total. The molecule has 0 unspecified atom stereocenters. The van der Waals surface area contributed by atoms with Crippen molar-refractivity contribution in [3.05, 3.63) is 0 Å². The lowest BCUT2D eigenvalue weighted by Gasteiger charge is -2.10. The first-order chi connectivity index (χ1) is 5.20. The smallest absolute Gasteiger partial charge is 0.239 e. The summed E-state index contributed by atoms with van der Waals surface area (Å²) in [4.78, 5) is 20.6. The summed E-state index contributed by atoms with van der Waals surface area (Å²) in [5, 5.41) is 4.76. The van der Waals surface area contributed by atoms with Gasteiger partial charge in [0.15, 0.2) is 0 Å². The summed E-state index contributed by atoms with van der Waals surface area (Å²) in [6.45, 7) is 0.248. The van der Waals surface area contributed by atoms with Crippen LogP contribution in [-0.2, 0) is 14.3 Å². The molecule has 0 atom stereocenters. The molecule has 1 aliphatic rings. The van der Waals surface area contributed by atoms with E-state index in [1.165, 1.54) is 0 Å². The second kappa shape index (κ2) is 5.67. The van der Waals surface area contributed by atoms with Crippen LogP contribution in [0.1, 0.15) is 0 Å². The number of hydrogen-bond donors (Lipinski definition) is 2. The largest absolute Gasteiger partial charge is 0.388 e. The van der Waals surface area contributed by atoms with E-state index in [1.54, 1.807) is 14.2 Å². The number of hydrogen-bond acceptors (Lipinski definition) is 3. The lowest BCUT2D eigenvalue weighted by molar-refractivity contribution is -0.130. The van der Waals surface area contributed by atoms with E-state index in [4.69, 9.17) is 0 Å². The Morgan fingerprint density at radius 2 is 1.36 bits per heavy atom. The van der Waals surface area contributed by atoms with Gasteiger partial charge in [-0.1, -0.05) is 0 Å². The quantitative estimate of drug-likeness (QED) is 0.453. The van der Waals surface area contributed by atoms with Crippen molar-refractivity contribution in [2.75, 3.05) is 27.3 Å². The minimum Gasteiger partial charge on any atom is -0.388 e. The SMILES string of the molecule is COC.O=C1CNC(=O)CN1. The van der Waals surface area contributed by atoms with E-state index >= 15 is 0 Å². The molecule has 0 radical (unpaired) electrons. The monoisotopic (exact) mass is 160 g/mol. The van der Waals surface area contributed by atoms with Crippen molar-refractivity contribution in [2.24, 2.45) is 0 Å². The standard InChI is InChI=1S/C4H6N2O2.C2H6O/c7-3-1-5-4(8)2-6-3;1-3-2/h1-2H2,(H,5,8)(H,6,7);1-2H3. The molecule has 0 aromatic rings. The predicted octanol–water partition coefficient (Wildman–Crippen LogP) is -1.50. The van der Waals surface area contributed by atoms with E-state index in [0.29, 0.717) is 0 Å². The maximum atomic E-state index is 10.3. The van der Waals surface area contributed by atoms with E-state index in [9.17, 15) is 9.59 Å². The highest BCUT2D eigenvalue weighted by atomic mass is 16.4. The summed E-state index contributed by atoms with van der Waals surface area (Å²) in [6, 6.07) is 0. The molecule has 1 rings (SSSR count). The Bertz CT molecular complexity index is 119. The number of ether oxygens (including phenoxy) is 1. The molecular formula is C6H12N2O3. The molecule has 11 heavy (non-hydrogen) atoms. The van der Waals surface area contributed by atoms with Crippen molar-refractivity contribution in [1.82, 2.24) is 10.6 Å². The minimum atomic E-state index is -0.121. The van der Waals surface area contributed by atoms with Crippen molar-refractivity contribution in [3.8, 4) is 0 Å². The van der Waals surface area contributed by atoms with Crippen LogP contribution in [0.2, 0.25) is 0 Å². The van der Waals surface area contributed by atoms with Gasteiger partial charge in [-0.3, -0.25) is 9.59 Å². The van der Waals surface area contributed by atoms with Crippen LogP contribution >= 0.6 is 0 Å². The summed E-state index contributed by atoms with van der Waals surface area (Å²) in [7, 11) is 3.25. The zero-order valence-corrected chi connectivity index (χ0v) is 6.64. The van der Waals surface area contributed by atoms with E-state index in [-0.39, 0.29) is 24.9 Å². The molecule has 0 aromatic carbocycles. The Morgan fingerprint density at radius 1 is 1.09 bits per heavy atom. The normalized spacial score (nSPS) is 15.8. The molecule has 1 fully saturated rings. The number of nitrogens with one attached hydrogen (secondary N) is 2. The molecular weight excluding hydrogens is 148 g/mol. The first-order valence-corrected chi connectivity index (χ1v) is 3.14. The highest BCUT2D eigenvalue weighted by Gasteiger charge is 2.11. The molecule has 0 aromatic heterocycles. The fraction of sp³-hybridized carbons (Fsp3) is 0.667. The van der Waals surface area contributed by atoms with Gasteiger partial charge in [0.1, 0.15) is 0 Å². The van der Waals surface area contributed by atoms with Crippen LogP contribution in [0.25, 0.3) is 0 Å². The maximum Gasteiger partial charge on any atom is 0.239 e. The number of piperazine rings is 1. The third-order valence-electron chi connectivity index (χ3n) is 0.892. The van der Waals surface area contributed by atoms with Gasteiger partial charge in [0, 0.05) is 14.2 Å². The van der Waals surface area contributed by atoms with Gasteiger partial charge >= 0.3 is 0 Å². The van der Waals surface area contributed by atoms with Crippen LogP contribution in [0, 0.1) is 0 Å². The van der Waals surface area contributed by atoms with Gasteiger partial charge in [-0.05, 0) is 0 Å². The number of amides is 2. The molecule has 5 nitrogen and oxygen atoms in total. The Hall–Kier alpha value is -1.10. The van der Waals surface area contributed by atoms with Gasteiger partial charge < -0.3 is 15.4 Å². The van der Waals surface area contributed by atoms with Crippen molar-refractivity contribution in [1.29, 1.82) is 0 Å². The number of carbonyl (C=O) groups is 2. The van der Waals surface area contributed by atoms with Gasteiger partial charge in [0.05, 0.1) is 13.1 Å². The van der Waals surface area contributed by atoms with Gasteiger partial charge in [-0.25, -0.2) is 0 Å². The summed E-state index contributed by atoms with van der Waals surface area (Å²) in [6.07, 6.45) is 0. The zero-order valence-electron chi connectivity index (χ0n) is 6.64. The highest BCUT2D eigenvalue weighted by molar-refractivity contribution is 5.92. The Balaban J connectivity index is 0.000000292. The van der Waals surface area contributed by atoms with Crippen LogP contribution in [-0.4, -0.2) is 39.1 Å². The zero-order chi connectivity index (χ0) is 8.69. The van der Waals surface area contributed by atoms with Crippen molar-refractivity contribution in [2.45, 2.75) is 0 Å². The highest BCUT2D eigenvalue weighted by Crippen LogP contribution is 1.72. The predicted molar refractivity (Wildman–Crippen MR) is 39.0 cm³/mol. The van der Waals surface area contributed by atoms with Gasteiger partial charge in [0.2, 0.25) is 11.8 Å². The van der Waals surface area contributed by atoms with Gasteiger partial charge in [0.25, 0.3) is 0 Å². The average molecular weight is 160 g/mol. The fourth-order valence-electron chi connectivity index (χ4n) is 0.483. The third-order valence-corrected chi connectivity index (χ3v) is 0.892. The van der Waals surface area contributed by atoms with Gasteiger partial charge in [-0.15, -0.1) is 0 Å². The topological polar surface area (TPSA) is 67.4 Å². The maximum absolute atomic E-state index is 10.3. The van der Waals surface area contributed by atoms with E-state index in [2.05, 4.69) is 15.4 Å². The minimum absolute atomic E-state index is 0.121. The molecule has 64 valence electrons.